The summed E-state index contributed by atoms with van der Waals surface area (Å²) in [6.45, 7) is 2.79. The molecule has 2 aromatic rings. The van der Waals surface area contributed by atoms with E-state index in [1.54, 1.807) is 24.3 Å². The van der Waals surface area contributed by atoms with Gasteiger partial charge < -0.3 is 19.6 Å². The SMILES string of the molecule is CN1CCC(N(C)C[C@@H](O)COC(c2ccc(F)cc2)c2ccc(F)cc2)CC1. The minimum atomic E-state index is -0.650. The summed E-state index contributed by atoms with van der Waals surface area (Å²) in [5, 5.41) is 10.5. The Morgan fingerprint density at radius 3 is 1.97 bits per heavy atom. The van der Waals surface area contributed by atoms with Gasteiger partial charge in [-0.1, -0.05) is 24.3 Å². The van der Waals surface area contributed by atoms with Gasteiger partial charge in [-0.15, -0.1) is 0 Å². The minimum Gasteiger partial charge on any atom is -0.389 e. The van der Waals surface area contributed by atoms with Crippen LogP contribution < -0.4 is 0 Å². The van der Waals surface area contributed by atoms with Crippen molar-refractivity contribution in [3.05, 3.63) is 71.3 Å². The van der Waals surface area contributed by atoms with Crippen molar-refractivity contribution in [1.29, 1.82) is 0 Å². The fourth-order valence-corrected chi connectivity index (χ4v) is 3.84. The van der Waals surface area contributed by atoms with Crippen LogP contribution in [0.1, 0.15) is 30.1 Å². The van der Waals surface area contributed by atoms with Crippen LogP contribution in [-0.4, -0.2) is 67.4 Å². The Hall–Kier alpha value is -1.86. The van der Waals surface area contributed by atoms with Gasteiger partial charge in [-0.3, -0.25) is 0 Å². The maximum absolute atomic E-state index is 13.3. The highest BCUT2D eigenvalue weighted by Crippen LogP contribution is 2.27. The van der Waals surface area contributed by atoms with Crippen molar-refractivity contribution in [2.24, 2.45) is 0 Å². The fraction of sp³-hybridized carbons (Fsp3) is 0.478. The summed E-state index contributed by atoms with van der Waals surface area (Å²) >= 11 is 0. The Bertz CT molecular complexity index is 701. The van der Waals surface area contributed by atoms with E-state index in [0.717, 1.165) is 37.1 Å². The largest absolute Gasteiger partial charge is 0.389 e. The van der Waals surface area contributed by atoms with Crippen LogP contribution in [-0.2, 0) is 4.74 Å². The molecule has 1 heterocycles. The highest BCUT2D eigenvalue weighted by atomic mass is 19.1. The first kappa shape index (κ1) is 21.8. The van der Waals surface area contributed by atoms with Crippen molar-refractivity contribution in [2.75, 3.05) is 40.3 Å². The second-order valence-corrected chi connectivity index (χ2v) is 7.94. The lowest BCUT2D eigenvalue weighted by molar-refractivity contribution is -0.0135. The number of halogens is 2. The van der Waals surface area contributed by atoms with Gasteiger partial charge in [0, 0.05) is 12.6 Å². The maximum atomic E-state index is 13.3. The first-order valence-corrected chi connectivity index (χ1v) is 10.1. The van der Waals surface area contributed by atoms with Crippen molar-refractivity contribution in [2.45, 2.75) is 31.1 Å². The summed E-state index contributed by atoms with van der Waals surface area (Å²) in [6.07, 6.45) is 1.03. The number of hydrogen-bond acceptors (Lipinski definition) is 4. The summed E-state index contributed by atoms with van der Waals surface area (Å²) in [7, 11) is 4.17. The molecule has 0 unspecified atom stereocenters. The molecule has 6 heteroatoms. The zero-order valence-electron chi connectivity index (χ0n) is 17.1. The van der Waals surface area contributed by atoms with Gasteiger partial charge in [0.2, 0.25) is 0 Å². The van der Waals surface area contributed by atoms with Crippen LogP contribution in [0, 0.1) is 11.6 Å². The summed E-state index contributed by atoms with van der Waals surface area (Å²) in [4.78, 5) is 4.52. The molecule has 1 atom stereocenters. The smallest absolute Gasteiger partial charge is 0.123 e. The molecular formula is C23H30F2N2O2. The van der Waals surface area contributed by atoms with Gasteiger partial charge in [-0.05, 0) is 75.4 Å². The molecule has 0 bridgehead atoms. The van der Waals surface area contributed by atoms with Crippen LogP contribution in [0.4, 0.5) is 8.78 Å². The van der Waals surface area contributed by atoms with E-state index >= 15 is 0 Å². The third-order valence-electron chi connectivity index (χ3n) is 5.61. The molecule has 0 aromatic heterocycles. The molecular weight excluding hydrogens is 374 g/mol. The normalized spacial score (nSPS) is 17.2. The lowest BCUT2D eigenvalue weighted by Crippen LogP contribution is -2.45. The number of likely N-dealkylation sites (N-methyl/N-ethyl adjacent to an activating group) is 1. The lowest BCUT2D eigenvalue weighted by Gasteiger charge is -2.36. The number of hydrogen-bond donors (Lipinski definition) is 1. The Kier molecular flexibility index (Phi) is 7.72. The first-order chi connectivity index (χ1) is 13.9. The van der Waals surface area contributed by atoms with E-state index < -0.39 is 12.2 Å². The molecule has 0 spiro atoms. The Balaban J connectivity index is 1.61. The van der Waals surface area contributed by atoms with Gasteiger partial charge in [0.05, 0.1) is 12.7 Å². The molecule has 29 heavy (non-hydrogen) atoms. The monoisotopic (exact) mass is 404 g/mol. The van der Waals surface area contributed by atoms with E-state index in [2.05, 4.69) is 16.8 Å². The van der Waals surface area contributed by atoms with Gasteiger partial charge in [0.25, 0.3) is 0 Å². The third-order valence-corrected chi connectivity index (χ3v) is 5.61. The molecule has 1 saturated heterocycles. The quantitative estimate of drug-likeness (QED) is 0.731. The molecule has 1 fully saturated rings. The number of aliphatic hydroxyl groups excluding tert-OH is 1. The van der Waals surface area contributed by atoms with Crippen LogP contribution in [0.5, 0.6) is 0 Å². The van der Waals surface area contributed by atoms with E-state index in [0.29, 0.717) is 12.6 Å². The highest BCUT2D eigenvalue weighted by Gasteiger charge is 2.23. The molecule has 0 amide bonds. The number of piperidine rings is 1. The molecule has 0 saturated carbocycles. The summed E-state index contributed by atoms with van der Waals surface area (Å²) in [6, 6.07) is 12.6. The summed E-state index contributed by atoms with van der Waals surface area (Å²) < 4.78 is 32.7. The van der Waals surface area contributed by atoms with E-state index in [4.69, 9.17) is 4.74 Å². The number of rotatable bonds is 8. The second-order valence-electron chi connectivity index (χ2n) is 7.94. The first-order valence-electron chi connectivity index (χ1n) is 10.1. The topological polar surface area (TPSA) is 35.9 Å². The molecule has 1 aliphatic heterocycles. The van der Waals surface area contributed by atoms with Gasteiger partial charge in [0.1, 0.15) is 17.7 Å². The molecule has 4 nitrogen and oxygen atoms in total. The number of nitrogens with zero attached hydrogens (tertiary/aromatic N) is 2. The molecule has 158 valence electrons. The summed E-state index contributed by atoms with van der Waals surface area (Å²) in [5.41, 5.74) is 1.52. The predicted octanol–water partition coefficient (Wildman–Crippen LogP) is 3.46. The van der Waals surface area contributed by atoms with Crippen LogP contribution >= 0.6 is 0 Å². The molecule has 0 aliphatic carbocycles. The predicted molar refractivity (Wildman–Crippen MR) is 110 cm³/mol. The van der Waals surface area contributed by atoms with E-state index in [-0.39, 0.29) is 18.2 Å². The van der Waals surface area contributed by atoms with Gasteiger partial charge in [0.15, 0.2) is 0 Å². The van der Waals surface area contributed by atoms with Gasteiger partial charge in [-0.2, -0.15) is 0 Å². The number of ether oxygens (including phenoxy) is 1. The number of aliphatic hydroxyl groups is 1. The van der Waals surface area contributed by atoms with Gasteiger partial charge >= 0.3 is 0 Å². The van der Waals surface area contributed by atoms with Crippen molar-refractivity contribution in [3.8, 4) is 0 Å². The summed E-state index contributed by atoms with van der Waals surface area (Å²) in [5.74, 6) is -0.655. The average molecular weight is 405 g/mol. The van der Waals surface area contributed by atoms with E-state index in [1.807, 2.05) is 7.05 Å². The highest BCUT2D eigenvalue weighted by molar-refractivity contribution is 5.30. The van der Waals surface area contributed by atoms with E-state index in [9.17, 15) is 13.9 Å². The molecule has 1 aliphatic rings. The van der Waals surface area contributed by atoms with E-state index in [1.165, 1.54) is 24.3 Å². The van der Waals surface area contributed by atoms with Crippen molar-refractivity contribution >= 4 is 0 Å². The minimum absolute atomic E-state index is 0.135. The lowest BCUT2D eigenvalue weighted by atomic mass is 10.0. The molecule has 1 N–H and O–H groups in total. The zero-order valence-corrected chi connectivity index (χ0v) is 17.1. The van der Waals surface area contributed by atoms with Crippen LogP contribution in [0.25, 0.3) is 0 Å². The Morgan fingerprint density at radius 1 is 1.00 bits per heavy atom. The maximum Gasteiger partial charge on any atom is 0.123 e. The number of likely N-dealkylation sites (tertiary alicyclic amines) is 1. The van der Waals surface area contributed by atoms with Crippen molar-refractivity contribution < 1.29 is 18.6 Å². The fourth-order valence-electron chi connectivity index (χ4n) is 3.84. The standard InChI is InChI=1S/C23H30F2N2O2/c1-26-13-11-21(12-14-26)27(2)15-22(28)16-29-23(17-3-7-19(24)8-4-17)18-5-9-20(25)10-6-18/h3-10,21-23,28H,11-16H2,1-2H3/t22-/m1/s1. The van der Waals surface area contributed by atoms with Crippen molar-refractivity contribution in [3.63, 3.8) is 0 Å². The van der Waals surface area contributed by atoms with Crippen LogP contribution in [0.2, 0.25) is 0 Å². The second kappa shape index (κ2) is 10.3. The zero-order chi connectivity index (χ0) is 20.8. The molecule has 2 aromatic carbocycles. The Labute approximate surface area is 171 Å². The molecule has 3 rings (SSSR count). The van der Waals surface area contributed by atoms with Crippen LogP contribution in [0.3, 0.4) is 0 Å². The van der Waals surface area contributed by atoms with Crippen LogP contribution in [0.15, 0.2) is 48.5 Å². The number of benzene rings is 2. The third kappa shape index (κ3) is 6.31. The molecule has 0 radical (unpaired) electrons. The van der Waals surface area contributed by atoms with Crippen molar-refractivity contribution in [1.82, 2.24) is 9.80 Å². The average Bonchev–Trinajstić information content (AvgIpc) is 2.71. The Morgan fingerprint density at radius 2 is 1.48 bits per heavy atom. The van der Waals surface area contributed by atoms with Gasteiger partial charge in [-0.25, -0.2) is 8.78 Å².